The maximum Gasteiger partial charge on any atom is 0.0584 e. The molecule has 3 heteroatoms. The van der Waals surface area contributed by atoms with Gasteiger partial charge >= 0.3 is 0 Å². The van der Waals surface area contributed by atoms with E-state index in [4.69, 9.17) is 11.6 Å². The molecule has 13 heavy (non-hydrogen) atoms. The van der Waals surface area contributed by atoms with E-state index in [1.54, 1.807) is 11.3 Å². The first-order valence-corrected chi connectivity index (χ1v) is 5.38. The van der Waals surface area contributed by atoms with Crippen molar-refractivity contribution in [3.8, 4) is 0 Å². The van der Waals surface area contributed by atoms with E-state index in [0.717, 1.165) is 11.6 Å². The highest BCUT2D eigenvalue weighted by atomic mass is 35.5. The van der Waals surface area contributed by atoms with Crippen molar-refractivity contribution in [3.05, 3.63) is 34.2 Å². The molecule has 0 saturated heterocycles. The summed E-state index contributed by atoms with van der Waals surface area (Å²) in [5.74, 6) is 0. The minimum atomic E-state index is 0.852. The van der Waals surface area contributed by atoms with Crippen molar-refractivity contribution in [2.45, 2.75) is 6.54 Å². The summed E-state index contributed by atoms with van der Waals surface area (Å²) in [6.07, 6.45) is 0. The third kappa shape index (κ3) is 1.57. The third-order valence-corrected chi connectivity index (χ3v) is 3.50. The Morgan fingerprint density at radius 1 is 1.46 bits per heavy atom. The lowest BCUT2D eigenvalue weighted by molar-refractivity contribution is 0.826. The molecule has 2 rings (SSSR count). The molecule has 0 unspecified atom stereocenters. The molecular formula is C10H10ClNS. The zero-order valence-corrected chi connectivity index (χ0v) is 8.88. The van der Waals surface area contributed by atoms with Crippen LogP contribution in [0.5, 0.6) is 0 Å². The van der Waals surface area contributed by atoms with Crippen LogP contribution < -0.4 is 5.32 Å². The van der Waals surface area contributed by atoms with Gasteiger partial charge in [0.2, 0.25) is 0 Å². The number of fused-ring (bicyclic) bond motifs is 1. The molecule has 0 spiro atoms. The van der Waals surface area contributed by atoms with Crippen molar-refractivity contribution in [3.63, 3.8) is 0 Å². The number of thiophene rings is 1. The first kappa shape index (κ1) is 9.00. The maximum atomic E-state index is 6.06. The van der Waals surface area contributed by atoms with Crippen LogP contribution in [0.2, 0.25) is 5.02 Å². The van der Waals surface area contributed by atoms with E-state index in [-0.39, 0.29) is 0 Å². The average molecular weight is 212 g/mol. The Labute approximate surface area is 86.3 Å². The summed E-state index contributed by atoms with van der Waals surface area (Å²) in [7, 11) is 1.95. The van der Waals surface area contributed by atoms with E-state index < -0.39 is 0 Å². The summed E-state index contributed by atoms with van der Waals surface area (Å²) in [6.45, 7) is 0.903. The lowest BCUT2D eigenvalue weighted by atomic mass is 10.2. The molecule has 0 amide bonds. The molecule has 0 radical (unpaired) electrons. The minimum Gasteiger partial charge on any atom is -0.316 e. The molecule has 1 heterocycles. The molecular weight excluding hydrogens is 202 g/mol. The molecule has 2 aromatic rings. The van der Waals surface area contributed by atoms with Crippen molar-refractivity contribution >= 4 is 33.0 Å². The molecule has 1 aromatic heterocycles. The van der Waals surface area contributed by atoms with Crippen molar-refractivity contribution in [2.24, 2.45) is 0 Å². The van der Waals surface area contributed by atoms with Crippen LogP contribution in [-0.2, 0) is 6.54 Å². The van der Waals surface area contributed by atoms with E-state index in [9.17, 15) is 0 Å². The highest BCUT2D eigenvalue weighted by Gasteiger charge is 2.04. The van der Waals surface area contributed by atoms with Crippen LogP contribution in [0.15, 0.2) is 23.6 Å². The fourth-order valence-electron chi connectivity index (χ4n) is 1.40. The van der Waals surface area contributed by atoms with Crippen molar-refractivity contribution in [1.29, 1.82) is 0 Å². The Morgan fingerprint density at radius 3 is 3.08 bits per heavy atom. The van der Waals surface area contributed by atoms with Gasteiger partial charge in [0, 0.05) is 6.54 Å². The smallest absolute Gasteiger partial charge is 0.0584 e. The summed E-state index contributed by atoms with van der Waals surface area (Å²) in [5.41, 5.74) is 1.32. The van der Waals surface area contributed by atoms with Crippen LogP contribution in [0.4, 0.5) is 0 Å². The van der Waals surface area contributed by atoms with Gasteiger partial charge in [0.1, 0.15) is 0 Å². The summed E-state index contributed by atoms with van der Waals surface area (Å²) < 4.78 is 1.19. The number of benzene rings is 1. The maximum absolute atomic E-state index is 6.06. The molecule has 0 aliphatic rings. The van der Waals surface area contributed by atoms with Crippen LogP contribution in [0.1, 0.15) is 5.56 Å². The van der Waals surface area contributed by atoms with Gasteiger partial charge in [-0.1, -0.05) is 23.7 Å². The highest BCUT2D eigenvalue weighted by molar-refractivity contribution is 7.18. The van der Waals surface area contributed by atoms with E-state index in [1.807, 2.05) is 19.2 Å². The SMILES string of the molecule is CNCc1csc2c(Cl)cccc12. The largest absolute Gasteiger partial charge is 0.316 e. The number of halogens is 1. The predicted molar refractivity (Wildman–Crippen MR) is 59.6 cm³/mol. The predicted octanol–water partition coefficient (Wildman–Crippen LogP) is 3.27. The molecule has 0 aliphatic carbocycles. The highest BCUT2D eigenvalue weighted by Crippen LogP contribution is 2.31. The Balaban J connectivity index is 2.61. The Bertz CT molecular complexity index is 422. The second kappa shape index (κ2) is 3.66. The lowest BCUT2D eigenvalue weighted by Crippen LogP contribution is -2.03. The average Bonchev–Trinajstić information content (AvgIpc) is 2.51. The first-order valence-electron chi connectivity index (χ1n) is 4.12. The number of hydrogen-bond acceptors (Lipinski definition) is 2. The number of rotatable bonds is 2. The van der Waals surface area contributed by atoms with E-state index in [0.29, 0.717) is 0 Å². The van der Waals surface area contributed by atoms with Crippen molar-refractivity contribution < 1.29 is 0 Å². The van der Waals surface area contributed by atoms with E-state index >= 15 is 0 Å². The Kier molecular flexibility index (Phi) is 2.54. The molecule has 1 aromatic carbocycles. The molecule has 1 nitrogen and oxygen atoms in total. The van der Waals surface area contributed by atoms with Crippen LogP contribution in [0, 0.1) is 0 Å². The number of hydrogen-bond donors (Lipinski definition) is 1. The van der Waals surface area contributed by atoms with Crippen LogP contribution in [0.25, 0.3) is 10.1 Å². The van der Waals surface area contributed by atoms with Crippen LogP contribution in [0.3, 0.4) is 0 Å². The van der Waals surface area contributed by atoms with Gasteiger partial charge in [-0.25, -0.2) is 0 Å². The fourth-order valence-corrected chi connectivity index (χ4v) is 2.69. The Hall–Kier alpha value is -0.570. The second-order valence-corrected chi connectivity index (χ2v) is 4.19. The molecule has 0 atom stereocenters. The molecule has 0 fully saturated rings. The van der Waals surface area contributed by atoms with Gasteiger partial charge in [-0.15, -0.1) is 11.3 Å². The minimum absolute atomic E-state index is 0.852. The zero-order valence-electron chi connectivity index (χ0n) is 7.30. The quantitative estimate of drug-likeness (QED) is 0.804. The summed E-state index contributed by atoms with van der Waals surface area (Å²) in [5, 5.41) is 7.43. The van der Waals surface area contributed by atoms with E-state index in [2.05, 4.69) is 16.8 Å². The van der Waals surface area contributed by atoms with Gasteiger partial charge < -0.3 is 5.32 Å². The zero-order chi connectivity index (χ0) is 9.26. The van der Waals surface area contributed by atoms with Crippen molar-refractivity contribution in [1.82, 2.24) is 5.32 Å². The van der Waals surface area contributed by atoms with Gasteiger partial charge in [-0.3, -0.25) is 0 Å². The number of nitrogens with one attached hydrogen (secondary N) is 1. The monoisotopic (exact) mass is 211 g/mol. The second-order valence-electron chi connectivity index (χ2n) is 2.91. The fraction of sp³-hybridized carbons (Fsp3) is 0.200. The lowest BCUT2D eigenvalue weighted by Gasteiger charge is -1.97. The van der Waals surface area contributed by atoms with Crippen LogP contribution >= 0.6 is 22.9 Å². The van der Waals surface area contributed by atoms with Gasteiger partial charge in [-0.2, -0.15) is 0 Å². The van der Waals surface area contributed by atoms with Gasteiger partial charge in [0.05, 0.1) is 9.72 Å². The van der Waals surface area contributed by atoms with Gasteiger partial charge in [0.25, 0.3) is 0 Å². The molecule has 0 bridgehead atoms. The van der Waals surface area contributed by atoms with Crippen molar-refractivity contribution in [2.75, 3.05) is 7.05 Å². The van der Waals surface area contributed by atoms with Gasteiger partial charge in [-0.05, 0) is 29.4 Å². The molecule has 0 aliphatic heterocycles. The van der Waals surface area contributed by atoms with E-state index in [1.165, 1.54) is 15.6 Å². The molecule has 68 valence electrons. The first-order chi connectivity index (χ1) is 6.33. The standard InChI is InChI=1S/C10H10ClNS/c1-12-5-7-6-13-10-8(7)3-2-4-9(10)11/h2-4,6,12H,5H2,1H3. The molecule has 1 N–H and O–H groups in total. The summed E-state index contributed by atoms with van der Waals surface area (Å²) in [4.78, 5) is 0. The van der Waals surface area contributed by atoms with Gasteiger partial charge in [0.15, 0.2) is 0 Å². The van der Waals surface area contributed by atoms with Crippen LogP contribution in [-0.4, -0.2) is 7.05 Å². The summed E-state index contributed by atoms with van der Waals surface area (Å²) >= 11 is 7.77. The summed E-state index contributed by atoms with van der Waals surface area (Å²) in [6, 6.07) is 6.05. The topological polar surface area (TPSA) is 12.0 Å². The molecule has 0 saturated carbocycles. The Morgan fingerprint density at radius 2 is 2.31 bits per heavy atom. The normalized spacial score (nSPS) is 10.9. The third-order valence-electron chi connectivity index (χ3n) is 2.00.